The lowest BCUT2D eigenvalue weighted by atomic mass is 10.2. The van der Waals surface area contributed by atoms with Crippen molar-refractivity contribution >= 4 is 22.4 Å². The monoisotopic (exact) mass is 230 g/mol. The van der Waals surface area contributed by atoms with Crippen molar-refractivity contribution in [2.24, 2.45) is 0 Å². The Labute approximate surface area is 101 Å². The van der Waals surface area contributed by atoms with Gasteiger partial charge in [0.05, 0.1) is 5.52 Å². The molecule has 1 aromatic heterocycles. The number of hydrogen-bond donors (Lipinski definition) is 1. The van der Waals surface area contributed by atoms with Gasteiger partial charge in [0.1, 0.15) is 12.1 Å². The summed E-state index contributed by atoms with van der Waals surface area (Å²) in [5, 5.41) is 1.02. The Bertz CT molecular complexity index is 510. The number of anilines is 2. The summed E-state index contributed by atoms with van der Waals surface area (Å²) in [7, 11) is 2.06. The van der Waals surface area contributed by atoms with Gasteiger partial charge in [0.2, 0.25) is 0 Å². The highest BCUT2D eigenvalue weighted by Crippen LogP contribution is 2.24. The molecule has 17 heavy (non-hydrogen) atoms. The molecule has 0 bridgehead atoms. The van der Waals surface area contributed by atoms with Gasteiger partial charge in [-0.15, -0.1) is 0 Å². The maximum atomic E-state index is 5.82. The average Bonchev–Trinajstić information content (AvgIpc) is 2.35. The van der Waals surface area contributed by atoms with Gasteiger partial charge >= 0.3 is 0 Å². The molecule has 1 heterocycles. The first kappa shape index (κ1) is 11.6. The molecule has 1 aromatic carbocycles. The van der Waals surface area contributed by atoms with E-state index in [0.29, 0.717) is 0 Å². The number of fused-ring (bicyclic) bond motifs is 1. The van der Waals surface area contributed by atoms with Crippen molar-refractivity contribution in [2.45, 2.75) is 19.8 Å². The number of aromatic nitrogens is 2. The molecule has 0 radical (unpaired) electrons. The summed E-state index contributed by atoms with van der Waals surface area (Å²) in [6, 6.07) is 5.74. The molecular formula is C13H18N4. The van der Waals surface area contributed by atoms with Crippen LogP contribution in [-0.2, 0) is 0 Å². The van der Waals surface area contributed by atoms with Gasteiger partial charge in [0, 0.05) is 24.7 Å². The van der Waals surface area contributed by atoms with E-state index >= 15 is 0 Å². The van der Waals surface area contributed by atoms with Crippen LogP contribution >= 0.6 is 0 Å². The molecule has 0 aliphatic carbocycles. The number of rotatable bonds is 4. The van der Waals surface area contributed by atoms with Crippen LogP contribution in [0.15, 0.2) is 24.5 Å². The average molecular weight is 230 g/mol. The molecule has 2 N–H and O–H groups in total. The molecule has 0 unspecified atom stereocenters. The predicted molar refractivity (Wildman–Crippen MR) is 72.1 cm³/mol. The van der Waals surface area contributed by atoms with Crippen molar-refractivity contribution in [3.63, 3.8) is 0 Å². The number of nitrogens with two attached hydrogens (primary N) is 1. The van der Waals surface area contributed by atoms with Gasteiger partial charge in [0.15, 0.2) is 0 Å². The van der Waals surface area contributed by atoms with Crippen LogP contribution in [-0.4, -0.2) is 23.6 Å². The topological polar surface area (TPSA) is 55.0 Å². The molecule has 90 valence electrons. The number of nitrogens with zero attached hydrogens (tertiary/aromatic N) is 3. The van der Waals surface area contributed by atoms with E-state index in [9.17, 15) is 0 Å². The van der Waals surface area contributed by atoms with Gasteiger partial charge in [0.25, 0.3) is 0 Å². The summed E-state index contributed by atoms with van der Waals surface area (Å²) >= 11 is 0. The number of nitrogen functional groups attached to an aromatic ring is 1. The van der Waals surface area contributed by atoms with Crippen LogP contribution in [0, 0.1) is 0 Å². The minimum absolute atomic E-state index is 0.748. The number of hydrogen-bond acceptors (Lipinski definition) is 4. The van der Waals surface area contributed by atoms with Gasteiger partial charge in [-0.05, 0) is 24.6 Å². The van der Waals surface area contributed by atoms with Crippen LogP contribution in [0.4, 0.5) is 11.5 Å². The van der Waals surface area contributed by atoms with E-state index in [4.69, 9.17) is 5.73 Å². The number of benzene rings is 1. The first-order valence-corrected chi connectivity index (χ1v) is 5.93. The normalized spacial score (nSPS) is 10.7. The predicted octanol–water partition coefficient (Wildman–Crippen LogP) is 2.45. The van der Waals surface area contributed by atoms with Crippen molar-refractivity contribution in [2.75, 3.05) is 24.2 Å². The van der Waals surface area contributed by atoms with Crippen LogP contribution in [0.25, 0.3) is 10.9 Å². The minimum atomic E-state index is 0.748. The largest absolute Gasteiger partial charge is 0.399 e. The Kier molecular flexibility index (Phi) is 3.42. The van der Waals surface area contributed by atoms with E-state index in [0.717, 1.165) is 35.4 Å². The fraction of sp³-hybridized carbons (Fsp3) is 0.385. The lowest BCUT2D eigenvalue weighted by Crippen LogP contribution is -2.20. The second-order valence-corrected chi connectivity index (χ2v) is 4.25. The number of unbranched alkanes of at least 4 members (excludes halogenated alkanes) is 1. The Morgan fingerprint density at radius 1 is 1.29 bits per heavy atom. The molecule has 0 saturated heterocycles. The van der Waals surface area contributed by atoms with Crippen molar-refractivity contribution in [1.82, 2.24) is 9.97 Å². The van der Waals surface area contributed by atoms with E-state index in [-0.39, 0.29) is 0 Å². The molecule has 0 aliphatic heterocycles. The van der Waals surface area contributed by atoms with Gasteiger partial charge in [-0.1, -0.05) is 13.3 Å². The molecule has 0 atom stereocenters. The molecule has 0 spiro atoms. The van der Waals surface area contributed by atoms with Gasteiger partial charge in [-0.3, -0.25) is 0 Å². The zero-order valence-electron chi connectivity index (χ0n) is 10.3. The summed E-state index contributed by atoms with van der Waals surface area (Å²) in [5.74, 6) is 0.954. The third-order valence-corrected chi connectivity index (χ3v) is 2.85. The van der Waals surface area contributed by atoms with Crippen LogP contribution in [0.3, 0.4) is 0 Å². The van der Waals surface area contributed by atoms with Crippen molar-refractivity contribution in [1.29, 1.82) is 0 Å². The van der Waals surface area contributed by atoms with Crippen LogP contribution in [0.2, 0.25) is 0 Å². The molecule has 2 aromatic rings. The molecule has 0 aliphatic rings. The van der Waals surface area contributed by atoms with Crippen molar-refractivity contribution < 1.29 is 0 Å². The Morgan fingerprint density at radius 2 is 2.12 bits per heavy atom. The molecule has 0 saturated carbocycles. The minimum Gasteiger partial charge on any atom is -0.399 e. The Morgan fingerprint density at radius 3 is 2.88 bits per heavy atom. The standard InChI is InChI=1S/C13H18N4/c1-3-4-7-17(2)13-11-8-10(14)5-6-12(11)15-9-16-13/h5-6,8-9H,3-4,7,14H2,1-2H3. The highest BCUT2D eigenvalue weighted by molar-refractivity contribution is 5.91. The Hall–Kier alpha value is -1.84. The van der Waals surface area contributed by atoms with Gasteiger partial charge < -0.3 is 10.6 Å². The van der Waals surface area contributed by atoms with Gasteiger partial charge in [-0.2, -0.15) is 0 Å². The van der Waals surface area contributed by atoms with Crippen molar-refractivity contribution in [3.05, 3.63) is 24.5 Å². The lowest BCUT2D eigenvalue weighted by Gasteiger charge is -2.19. The SMILES string of the molecule is CCCCN(C)c1ncnc2ccc(N)cc12. The summed E-state index contributed by atoms with van der Waals surface area (Å²) < 4.78 is 0. The zero-order valence-corrected chi connectivity index (χ0v) is 10.3. The fourth-order valence-corrected chi connectivity index (χ4v) is 1.87. The van der Waals surface area contributed by atoms with Crippen LogP contribution < -0.4 is 10.6 Å². The first-order valence-electron chi connectivity index (χ1n) is 5.93. The molecule has 0 fully saturated rings. The molecule has 2 rings (SSSR count). The summed E-state index contributed by atoms with van der Waals surface area (Å²) in [5.41, 5.74) is 7.50. The van der Waals surface area contributed by atoms with E-state index in [1.807, 2.05) is 18.2 Å². The van der Waals surface area contributed by atoms with Gasteiger partial charge in [-0.25, -0.2) is 9.97 Å². The summed E-state index contributed by atoms with van der Waals surface area (Å²) in [4.78, 5) is 10.8. The Balaban J connectivity index is 2.42. The van der Waals surface area contributed by atoms with Crippen LogP contribution in [0.5, 0.6) is 0 Å². The fourth-order valence-electron chi connectivity index (χ4n) is 1.87. The summed E-state index contributed by atoms with van der Waals surface area (Å²) in [6.45, 7) is 3.18. The third kappa shape index (κ3) is 2.46. The lowest BCUT2D eigenvalue weighted by molar-refractivity contribution is 0.761. The molecular weight excluding hydrogens is 212 g/mol. The maximum absolute atomic E-state index is 5.82. The van der Waals surface area contributed by atoms with E-state index in [1.165, 1.54) is 6.42 Å². The molecule has 0 amide bonds. The second kappa shape index (κ2) is 4.99. The van der Waals surface area contributed by atoms with E-state index in [2.05, 4.69) is 28.8 Å². The third-order valence-electron chi connectivity index (χ3n) is 2.85. The van der Waals surface area contributed by atoms with Crippen LogP contribution in [0.1, 0.15) is 19.8 Å². The zero-order chi connectivity index (χ0) is 12.3. The molecule has 4 heteroatoms. The first-order chi connectivity index (χ1) is 8.22. The van der Waals surface area contributed by atoms with Crippen molar-refractivity contribution in [3.8, 4) is 0 Å². The molecule has 4 nitrogen and oxygen atoms in total. The highest BCUT2D eigenvalue weighted by atomic mass is 15.2. The summed E-state index contributed by atoms with van der Waals surface area (Å²) in [6.07, 6.45) is 3.94. The quantitative estimate of drug-likeness (QED) is 0.820. The highest BCUT2D eigenvalue weighted by Gasteiger charge is 2.08. The van der Waals surface area contributed by atoms with E-state index in [1.54, 1.807) is 6.33 Å². The smallest absolute Gasteiger partial charge is 0.139 e. The maximum Gasteiger partial charge on any atom is 0.139 e. The second-order valence-electron chi connectivity index (χ2n) is 4.25. The van der Waals surface area contributed by atoms with E-state index < -0.39 is 0 Å².